The quantitative estimate of drug-likeness (QED) is 0.393. The lowest BCUT2D eigenvalue weighted by Crippen LogP contribution is -2.25. The third-order valence-corrected chi connectivity index (χ3v) is 8.00. The summed E-state index contributed by atoms with van der Waals surface area (Å²) in [6.07, 6.45) is 14.0. The molecule has 0 aromatic heterocycles. The predicted molar refractivity (Wildman–Crippen MR) is 125 cm³/mol. The average Bonchev–Trinajstić information content (AvgIpc) is 2.84. The first-order valence-electron chi connectivity index (χ1n) is 12.2. The highest BCUT2D eigenvalue weighted by molar-refractivity contribution is 5.29. The van der Waals surface area contributed by atoms with E-state index in [1.165, 1.54) is 56.9 Å². The van der Waals surface area contributed by atoms with Crippen LogP contribution in [-0.4, -0.2) is 0 Å². The highest BCUT2D eigenvalue weighted by Crippen LogP contribution is 2.44. The first kappa shape index (κ1) is 22.2. The predicted octanol–water partition coefficient (Wildman–Crippen LogP) is 8.35. The number of halogens is 2. The van der Waals surface area contributed by atoms with Crippen molar-refractivity contribution in [1.29, 1.82) is 0 Å². The molecule has 0 amide bonds. The summed E-state index contributed by atoms with van der Waals surface area (Å²) in [6, 6.07) is 13.5. The monoisotopic (exact) mass is 422 g/mol. The van der Waals surface area contributed by atoms with E-state index < -0.39 is 6.67 Å². The fourth-order valence-corrected chi connectivity index (χ4v) is 5.87. The second kappa shape index (κ2) is 10.6. The summed E-state index contributed by atoms with van der Waals surface area (Å²) in [5.74, 6) is 2.95. The van der Waals surface area contributed by atoms with Crippen LogP contribution >= 0.6 is 0 Å². The Balaban J connectivity index is 1.28. The summed E-state index contributed by atoms with van der Waals surface area (Å²) in [6.45, 7) is 3.53. The minimum absolute atomic E-state index is 0.0669. The van der Waals surface area contributed by atoms with Gasteiger partial charge in [-0.25, -0.2) is 8.78 Å². The van der Waals surface area contributed by atoms with E-state index in [1.54, 1.807) is 6.07 Å². The average molecular weight is 423 g/mol. The van der Waals surface area contributed by atoms with Gasteiger partial charge in [-0.1, -0.05) is 42.5 Å². The van der Waals surface area contributed by atoms with Gasteiger partial charge in [0.15, 0.2) is 0 Å². The molecule has 0 aliphatic heterocycles. The van der Waals surface area contributed by atoms with Gasteiger partial charge >= 0.3 is 0 Å². The minimum Gasteiger partial charge on any atom is -0.246 e. The third kappa shape index (κ3) is 5.64. The molecular weight excluding hydrogens is 386 g/mol. The van der Waals surface area contributed by atoms with Crippen molar-refractivity contribution < 1.29 is 8.78 Å². The van der Waals surface area contributed by atoms with Crippen LogP contribution in [0.1, 0.15) is 79.5 Å². The van der Waals surface area contributed by atoms with E-state index in [0.29, 0.717) is 17.9 Å². The maximum Gasteiger partial charge on any atom is 0.126 e. The van der Waals surface area contributed by atoms with E-state index in [0.717, 1.165) is 35.3 Å². The molecule has 0 saturated heterocycles. The zero-order valence-electron chi connectivity index (χ0n) is 18.7. The number of hydrogen-bond donors (Lipinski definition) is 0. The lowest BCUT2D eigenvalue weighted by molar-refractivity contribution is 0.171. The van der Waals surface area contributed by atoms with Crippen molar-refractivity contribution in [2.24, 2.45) is 17.8 Å². The summed E-state index contributed by atoms with van der Waals surface area (Å²) in [7, 11) is 0. The van der Waals surface area contributed by atoms with Gasteiger partial charge in [0, 0.05) is 0 Å². The summed E-state index contributed by atoms with van der Waals surface area (Å²) in [5.41, 5.74) is 3.79. The van der Waals surface area contributed by atoms with Gasteiger partial charge < -0.3 is 0 Å². The first-order chi connectivity index (χ1) is 15.2. The standard InChI is InChI=1S/C29H36F2/c1-2-21-7-10-24(11-8-21)25-13-15-26(16-14-25)28-18-17-27(29(31)19-28)12-9-22-3-5-23(20-30)6-4-22/h2-6,17-19,21,24-26H,1,7-16,20H2/t21-,24-,25?,26?. The van der Waals surface area contributed by atoms with Gasteiger partial charge in [-0.2, -0.15) is 0 Å². The molecule has 0 N–H and O–H groups in total. The van der Waals surface area contributed by atoms with Crippen molar-refractivity contribution in [2.75, 3.05) is 0 Å². The van der Waals surface area contributed by atoms with E-state index in [1.807, 2.05) is 30.3 Å². The van der Waals surface area contributed by atoms with Gasteiger partial charge in [-0.05, 0) is 116 Å². The van der Waals surface area contributed by atoms with Gasteiger partial charge in [0.1, 0.15) is 12.5 Å². The first-order valence-corrected chi connectivity index (χ1v) is 12.2. The zero-order valence-corrected chi connectivity index (χ0v) is 18.7. The molecule has 0 radical (unpaired) electrons. The molecule has 0 unspecified atom stereocenters. The maximum absolute atomic E-state index is 14.8. The lowest BCUT2D eigenvalue weighted by Gasteiger charge is -2.37. The number of allylic oxidation sites excluding steroid dienone is 1. The summed E-state index contributed by atoms with van der Waals surface area (Å²) in [5, 5.41) is 0. The van der Waals surface area contributed by atoms with Gasteiger partial charge in [0.25, 0.3) is 0 Å². The van der Waals surface area contributed by atoms with E-state index in [2.05, 4.69) is 18.7 Å². The molecule has 31 heavy (non-hydrogen) atoms. The lowest BCUT2D eigenvalue weighted by atomic mass is 9.68. The van der Waals surface area contributed by atoms with Crippen molar-refractivity contribution in [3.05, 3.63) is 83.2 Å². The summed E-state index contributed by atoms with van der Waals surface area (Å²) < 4.78 is 27.4. The van der Waals surface area contributed by atoms with E-state index in [9.17, 15) is 8.78 Å². The topological polar surface area (TPSA) is 0 Å². The van der Waals surface area contributed by atoms with E-state index in [-0.39, 0.29) is 5.82 Å². The van der Waals surface area contributed by atoms with Crippen molar-refractivity contribution >= 4 is 0 Å². The molecule has 2 heteroatoms. The fraction of sp³-hybridized carbons (Fsp3) is 0.517. The highest BCUT2D eigenvalue weighted by atomic mass is 19.1. The maximum atomic E-state index is 14.8. The Morgan fingerprint density at radius 3 is 1.97 bits per heavy atom. The summed E-state index contributed by atoms with van der Waals surface area (Å²) in [4.78, 5) is 0. The van der Waals surface area contributed by atoms with E-state index in [4.69, 9.17) is 0 Å². The van der Waals surface area contributed by atoms with Crippen LogP contribution < -0.4 is 0 Å². The van der Waals surface area contributed by atoms with Gasteiger partial charge in [0.05, 0.1) is 0 Å². The van der Waals surface area contributed by atoms with Crippen LogP contribution in [0.2, 0.25) is 0 Å². The fourth-order valence-electron chi connectivity index (χ4n) is 5.87. The molecule has 2 aromatic rings. The van der Waals surface area contributed by atoms with Crippen LogP contribution in [0.15, 0.2) is 55.1 Å². The smallest absolute Gasteiger partial charge is 0.126 e. The molecule has 2 fully saturated rings. The SMILES string of the molecule is C=C[C@H]1CC[C@H](C2CCC(c3ccc(CCc4ccc(CF)cc4)c(F)c3)CC2)CC1. The Bertz CT molecular complexity index is 838. The molecule has 2 saturated carbocycles. The zero-order chi connectivity index (χ0) is 21.6. The second-order valence-corrected chi connectivity index (χ2v) is 9.82. The molecule has 0 atom stereocenters. The van der Waals surface area contributed by atoms with Crippen LogP contribution in [0.5, 0.6) is 0 Å². The number of hydrogen-bond acceptors (Lipinski definition) is 0. The molecule has 4 rings (SSSR count). The van der Waals surface area contributed by atoms with Crippen LogP contribution in [0, 0.1) is 23.6 Å². The highest BCUT2D eigenvalue weighted by Gasteiger charge is 2.30. The molecule has 2 aliphatic carbocycles. The minimum atomic E-state index is -0.436. The van der Waals surface area contributed by atoms with Crippen LogP contribution in [-0.2, 0) is 19.5 Å². The number of aryl methyl sites for hydroxylation is 2. The Morgan fingerprint density at radius 1 is 0.774 bits per heavy atom. The van der Waals surface area contributed by atoms with Crippen LogP contribution in [0.25, 0.3) is 0 Å². The Kier molecular flexibility index (Phi) is 7.58. The number of alkyl halides is 1. The summed E-state index contributed by atoms with van der Waals surface area (Å²) >= 11 is 0. The largest absolute Gasteiger partial charge is 0.246 e. The Hall–Kier alpha value is -1.96. The van der Waals surface area contributed by atoms with Gasteiger partial charge in [-0.3, -0.25) is 0 Å². The molecule has 0 bridgehead atoms. The third-order valence-electron chi connectivity index (χ3n) is 8.00. The van der Waals surface area contributed by atoms with Crippen molar-refractivity contribution in [1.82, 2.24) is 0 Å². The molecule has 0 heterocycles. The van der Waals surface area contributed by atoms with Gasteiger partial charge in [-0.15, -0.1) is 6.58 Å². The van der Waals surface area contributed by atoms with Crippen molar-refractivity contribution in [2.45, 2.75) is 76.8 Å². The molecule has 0 nitrogen and oxygen atoms in total. The molecule has 0 spiro atoms. The van der Waals surface area contributed by atoms with Crippen LogP contribution in [0.3, 0.4) is 0 Å². The molecular formula is C29H36F2. The van der Waals surface area contributed by atoms with Crippen molar-refractivity contribution in [3.8, 4) is 0 Å². The van der Waals surface area contributed by atoms with Crippen LogP contribution in [0.4, 0.5) is 8.78 Å². The van der Waals surface area contributed by atoms with E-state index >= 15 is 0 Å². The van der Waals surface area contributed by atoms with Gasteiger partial charge in [0.2, 0.25) is 0 Å². The Labute approximate surface area is 186 Å². The normalized spacial score (nSPS) is 26.5. The second-order valence-electron chi connectivity index (χ2n) is 9.82. The molecule has 166 valence electrons. The molecule has 2 aliphatic rings. The number of rotatable bonds is 7. The van der Waals surface area contributed by atoms with Crippen molar-refractivity contribution in [3.63, 3.8) is 0 Å². The Morgan fingerprint density at radius 2 is 1.39 bits per heavy atom. The molecule has 2 aromatic carbocycles. The number of benzene rings is 2.